The van der Waals surface area contributed by atoms with Gasteiger partial charge in [0.1, 0.15) is 5.76 Å². The molecule has 0 spiro atoms. The Morgan fingerprint density at radius 2 is 1.91 bits per heavy atom. The Kier molecular flexibility index (Phi) is 6.59. The molecule has 0 saturated heterocycles. The first-order chi connectivity index (χ1) is 15.5. The van der Waals surface area contributed by atoms with Crippen LogP contribution in [0.3, 0.4) is 0 Å². The lowest BCUT2D eigenvalue weighted by molar-refractivity contribution is -0.116. The normalized spacial score (nSPS) is 17.4. The van der Waals surface area contributed by atoms with Crippen LogP contribution in [0.25, 0.3) is 10.9 Å². The van der Waals surface area contributed by atoms with Crippen LogP contribution in [-0.2, 0) is 11.2 Å². The SMILES string of the molecule is CCCC(=NCCc1c(C)[nH]c2ccc(C)cc12)C1=C(O)CC(c2ccccc2)CC1=O. The maximum atomic E-state index is 13.1. The molecule has 4 heteroatoms. The van der Waals surface area contributed by atoms with Crippen LogP contribution in [0.15, 0.2) is 64.9 Å². The van der Waals surface area contributed by atoms with E-state index in [1.54, 1.807) is 0 Å². The fourth-order valence-corrected chi connectivity index (χ4v) is 4.82. The largest absolute Gasteiger partial charge is 0.511 e. The first kappa shape index (κ1) is 22.1. The predicted molar refractivity (Wildman–Crippen MR) is 132 cm³/mol. The summed E-state index contributed by atoms with van der Waals surface area (Å²) in [6, 6.07) is 16.4. The molecule has 0 saturated carbocycles. The number of aliphatic hydroxyl groups is 1. The lowest BCUT2D eigenvalue weighted by Crippen LogP contribution is -2.24. The number of fused-ring (bicyclic) bond motifs is 1. The van der Waals surface area contributed by atoms with E-state index in [4.69, 9.17) is 4.99 Å². The highest BCUT2D eigenvalue weighted by Crippen LogP contribution is 2.34. The number of Topliss-reactive ketones (excluding diaryl/α,β-unsaturated/α-hetero) is 1. The number of H-pyrrole nitrogens is 1. The van der Waals surface area contributed by atoms with Gasteiger partial charge in [-0.25, -0.2) is 0 Å². The third-order valence-electron chi connectivity index (χ3n) is 6.42. The molecule has 0 amide bonds. The molecule has 1 heterocycles. The number of allylic oxidation sites excluding steroid dienone is 2. The second-order valence-corrected chi connectivity index (χ2v) is 8.87. The van der Waals surface area contributed by atoms with Crippen LogP contribution in [0.4, 0.5) is 0 Å². The van der Waals surface area contributed by atoms with E-state index in [-0.39, 0.29) is 17.5 Å². The number of aromatic nitrogens is 1. The van der Waals surface area contributed by atoms with E-state index in [1.165, 1.54) is 22.2 Å². The van der Waals surface area contributed by atoms with E-state index in [0.29, 0.717) is 31.4 Å². The van der Waals surface area contributed by atoms with Gasteiger partial charge < -0.3 is 10.1 Å². The zero-order valence-electron chi connectivity index (χ0n) is 19.2. The van der Waals surface area contributed by atoms with Crippen molar-refractivity contribution in [3.63, 3.8) is 0 Å². The van der Waals surface area contributed by atoms with E-state index in [9.17, 15) is 9.90 Å². The van der Waals surface area contributed by atoms with Gasteiger partial charge in [-0.2, -0.15) is 0 Å². The van der Waals surface area contributed by atoms with Crippen molar-refractivity contribution in [2.24, 2.45) is 4.99 Å². The highest BCUT2D eigenvalue weighted by molar-refractivity contribution is 6.23. The van der Waals surface area contributed by atoms with Gasteiger partial charge in [-0.3, -0.25) is 9.79 Å². The number of aliphatic hydroxyl groups excluding tert-OH is 1. The minimum Gasteiger partial charge on any atom is -0.511 e. The number of hydrogen-bond acceptors (Lipinski definition) is 3. The van der Waals surface area contributed by atoms with E-state index < -0.39 is 0 Å². The quantitative estimate of drug-likeness (QED) is 0.420. The minimum absolute atomic E-state index is 0.00806. The molecule has 0 aliphatic heterocycles. The number of carbonyl (C=O) groups is 1. The summed E-state index contributed by atoms with van der Waals surface area (Å²) in [7, 11) is 0. The highest BCUT2D eigenvalue weighted by atomic mass is 16.3. The Labute approximate surface area is 190 Å². The molecular weight excluding hydrogens is 396 g/mol. The third-order valence-corrected chi connectivity index (χ3v) is 6.42. The molecule has 2 aromatic carbocycles. The minimum atomic E-state index is 0.00806. The summed E-state index contributed by atoms with van der Waals surface area (Å²) in [5.74, 6) is 0.238. The number of carbonyl (C=O) groups excluding carboxylic acids is 1. The summed E-state index contributed by atoms with van der Waals surface area (Å²) in [4.78, 5) is 21.4. The average molecular weight is 429 g/mol. The number of aliphatic imine (C=N–C) groups is 1. The molecule has 1 aliphatic rings. The molecule has 0 bridgehead atoms. The van der Waals surface area contributed by atoms with Gasteiger partial charge in [-0.1, -0.05) is 55.3 Å². The van der Waals surface area contributed by atoms with E-state index in [2.05, 4.69) is 44.0 Å². The number of benzene rings is 2. The molecule has 1 aromatic heterocycles. The van der Waals surface area contributed by atoms with Gasteiger partial charge in [-0.05, 0) is 55.9 Å². The Balaban J connectivity index is 1.56. The Morgan fingerprint density at radius 3 is 2.62 bits per heavy atom. The summed E-state index contributed by atoms with van der Waals surface area (Å²) in [5.41, 5.74) is 7.16. The van der Waals surface area contributed by atoms with Crippen molar-refractivity contribution in [3.8, 4) is 0 Å². The summed E-state index contributed by atoms with van der Waals surface area (Å²) >= 11 is 0. The first-order valence-electron chi connectivity index (χ1n) is 11.6. The van der Waals surface area contributed by atoms with Crippen LogP contribution in [0.5, 0.6) is 0 Å². The molecule has 1 aliphatic carbocycles. The number of ketones is 1. The summed E-state index contributed by atoms with van der Waals surface area (Å²) in [6.07, 6.45) is 3.31. The van der Waals surface area contributed by atoms with E-state index in [0.717, 1.165) is 29.6 Å². The summed E-state index contributed by atoms with van der Waals surface area (Å²) in [6.45, 7) is 6.89. The molecule has 1 atom stereocenters. The van der Waals surface area contributed by atoms with Crippen molar-refractivity contribution >= 4 is 22.4 Å². The smallest absolute Gasteiger partial charge is 0.168 e. The van der Waals surface area contributed by atoms with Gasteiger partial charge in [0, 0.05) is 41.7 Å². The van der Waals surface area contributed by atoms with Crippen molar-refractivity contribution in [1.29, 1.82) is 0 Å². The number of nitrogens with one attached hydrogen (secondary N) is 1. The summed E-state index contributed by atoms with van der Waals surface area (Å²) in [5, 5.41) is 12.1. The summed E-state index contributed by atoms with van der Waals surface area (Å²) < 4.78 is 0. The van der Waals surface area contributed by atoms with Crippen molar-refractivity contribution in [1.82, 2.24) is 4.98 Å². The van der Waals surface area contributed by atoms with Crippen molar-refractivity contribution in [3.05, 3.63) is 82.2 Å². The molecular formula is C28H32N2O2. The maximum Gasteiger partial charge on any atom is 0.168 e. The molecule has 1 unspecified atom stereocenters. The molecule has 0 fully saturated rings. The molecule has 4 rings (SSSR count). The van der Waals surface area contributed by atoms with Gasteiger partial charge in [-0.15, -0.1) is 0 Å². The van der Waals surface area contributed by atoms with Crippen LogP contribution >= 0.6 is 0 Å². The van der Waals surface area contributed by atoms with Crippen molar-refractivity contribution in [2.75, 3.05) is 6.54 Å². The fraction of sp³-hybridized carbons (Fsp3) is 0.357. The Bertz CT molecular complexity index is 1180. The van der Waals surface area contributed by atoms with Crippen molar-refractivity contribution in [2.45, 2.75) is 58.8 Å². The molecule has 32 heavy (non-hydrogen) atoms. The van der Waals surface area contributed by atoms with Crippen LogP contribution in [0, 0.1) is 13.8 Å². The standard InChI is InChI=1S/C28H32N2O2/c1-4-8-25(28-26(31)16-21(17-27(28)32)20-9-6-5-7-10-20)29-14-13-22-19(3)30-24-12-11-18(2)15-23(22)24/h5-7,9-12,15,21,30-31H,4,8,13-14,16-17H2,1-3H3. The Hall–Kier alpha value is -3.14. The third kappa shape index (κ3) is 4.55. The Morgan fingerprint density at radius 1 is 1.12 bits per heavy atom. The van der Waals surface area contributed by atoms with Gasteiger partial charge in [0.2, 0.25) is 0 Å². The molecule has 0 radical (unpaired) electrons. The molecule has 2 N–H and O–H groups in total. The van der Waals surface area contributed by atoms with Crippen LogP contribution in [-0.4, -0.2) is 28.1 Å². The fourth-order valence-electron chi connectivity index (χ4n) is 4.82. The first-order valence-corrected chi connectivity index (χ1v) is 11.6. The molecule has 166 valence electrons. The predicted octanol–water partition coefficient (Wildman–Crippen LogP) is 6.53. The number of aryl methyl sites for hydroxylation is 2. The van der Waals surface area contributed by atoms with Crippen molar-refractivity contribution < 1.29 is 9.90 Å². The van der Waals surface area contributed by atoms with Crippen LogP contribution in [0.2, 0.25) is 0 Å². The average Bonchev–Trinajstić information content (AvgIpc) is 3.08. The molecule has 4 nitrogen and oxygen atoms in total. The number of hydrogen-bond donors (Lipinski definition) is 2. The number of nitrogens with zero attached hydrogens (tertiary/aromatic N) is 1. The second-order valence-electron chi connectivity index (χ2n) is 8.87. The van der Waals surface area contributed by atoms with Gasteiger partial charge >= 0.3 is 0 Å². The molecule has 3 aromatic rings. The van der Waals surface area contributed by atoms with Gasteiger partial charge in [0.25, 0.3) is 0 Å². The lowest BCUT2D eigenvalue weighted by atomic mass is 9.81. The highest BCUT2D eigenvalue weighted by Gasteiger charge is 2.30. The number of aromatic amines is 1. The number of rotatable bonds is 7. The maximum absolute atomic E-state index is 13.1. The van der Waals surface area contributed by atoms with Crippen LogP contribution < -0.4 is 0 Å². The topological polar surface area (TPSA) is 65.4 Å². The van der Waals surface area contributed by atoms with E-state index in [1.807, 2.05) is 30.3 Å². The zero-order valence-corrected chi connectivity index (χ0v) is 19.2. The zero-order chi connectivity index (χ0) is 22.7. The van der Waals surface area contributed by atoms with E-state index >= 15 is 0 Å². The van der Waals surface area contributed by atoms with Gasteiger partial charge in [0.15, 0.2) is 5.78 Å². The monoisotopic (exact) mass is 428 g/mol. The van der Waals surface area contributed by atoms with Gasteiger partial charge in [0.05, 0.1) is 5.57 Å². The second kappa shape index (κ2) is 9.56. The van der Waals surface area contributed by atoms with Crippen LogP contribution in [0.1, 0.15) is 60.9 Å². The lowest BCUT2D eigenvalue weighted by Gasteiger charge is -2.24.